The Hall–Kier alpha value is -0.900. The van der Waals surface area contributed by atoms with Crippen LogP contribution in [0.1, 0.15) is 13.8 Å². The van der Waals surface area contributed by atoms with Gasteiger partial charge in [-0.1, -0.05) is 25.1 Å². The topological polar surface area (TPSA) is 68.0 Å². The van der Waals surface area contributed by atoms with E-state index in [0.29, 0.717) is 0 Å². The van der Waals surface area contributed by atoms with Crippen molar-refractivity contribution in [2.75, 3.05) is 0 Å². The summed E-state index contributed by atoms with van der Waals surface area (Å²) in [5.74, 6) is 0.304. The molecule has 1 aliphatic heterocycles. The Balaban J connectivity index is 2.26. The number of epoxide rings is 1. The highest BCUT2D eigenvalue weighted by Crippen LogP contribution is 2.40. The summed E-state index contributed by atoms with van der Waals surface area (Å²) in [4.78, 5) is 10.6. The lowest BCUT2D eigenvalue weighted by Crippen LogP contribution is -2.25. The number of nitrogens with zero attached hydrogens (tertiary/aromatic N) is 1. The van der Waals surface area contributed by atoms with Gasteiger partial charge in [0, 0.05) is 17.5 Å². The van der Waals surface area contributed by atoms with Gasteiger partial charge in [0.2, 0.25) is 0 Å². The lowest BCUT2D eigenvalue weighted by atomic mass is 9.90. The van der Waals surface area contributed by atoms with Crippen LogP contribution in [-0.2, 0) is 4.74 Å². The van der Waals surface area contributed by atoms with Crippen LogP contribution in [0.2, 0.25) is 0 Å². The van der Waals surface area contributed by atoms with Crippen molar-refractivity contribution in [3.63, 3.8) is 0 Å². The van der Waals surface area contributed by atoms with Crippen LogP contribution in [0.15, 0.2) is 16.9 Å². The summed E-state index contributed by atoms with van der Waals surface area (Å²) in [7, 11) is 0. The third-order valence-corrected chi connectivity index (χ3v) is 3.03. The molecular formula is C9H14N2O2. The molecule has 72 valence electrons. The lowest BCUT2D eigenvalue weighted by molar-refractivity contribution is 0.276. The largest absolute Gasteiger partial charge is 0.400 e. The first-order valence-corrected chi connectivity index (χ1v) is 4.60. The standard InChI is InChI=1S/C9H14N2O2/c1-4-3-6(10)9-8(13-9)5(2)7(4)11-12/h3-5,7-9H,10H2,1-2H3/t4-,5+,7+,8-,9+/m0/s1. The van der Waals surface area contributed by atoms with Crippen LogP contribution in [0, 0.1) is 16.7 Å². The second kappa shape index (κ2) is 2.80. The van der Waals surface area contributed by atoms with E-state index >= 15 is 0 Å². The zero-order valence-corrected chi connectivity index (χ0v) is 7.81. The molecule has 0 aromatic carbocycles. The minimum Gasteiger partial charge on any atom is -0.400 e. The zero-order valence-electron chi connectivity index (χ0n) is 7.81. The molecular weight excluding hydrogens is 168 g/mol. The maximum Gasteiger partial charge on any atom is 0.123 e. The van der Waals surface area contributed by atoms with E-state index in [9.17, 15) is 4.91 Å². The second-order valence-corrected chi connectivity index (χ2v) is 4.00. The average Bonchev–Trinajstić information content (AvgIpc) is 2.82. The van der Waals surface area contributed by atoms with Crippen molar-refractivity contribution in [2.45, 2.75) is 32.1 Å². The Morgan fingerprint density at radius 1 is 1.54 bits per heavy atom. The number of nitrogens with two attached hydrogens (primary N) is 1. The van der Waals surface area contributed by atoms with Crippen LogP contribution in [0.3, 0.4) is 0 Å². The van der Waals surface area contributed by atoms with Crippen LogP contribution in [0.5, 0.6) is 0 Å². The average molecular weight is 182 g/mol. The van der Waals surface area contributed by atoms with Crippen molar-refractivity contribution in [3.05, 3.63) is 16.7 Å². The molecule has 4 nitrogen and oxygen atoms in total. The van der Waals surface area contributed by atoms with Crippen LogP contribution >= 0.6 is 0 Å². The fourth-order valence-electron chi connectivity index (χ4n) is 2.15. The van der Waals surface area contributed by atoms with Crippen LogP contribution < -0.4 is 5.73 Å². The number of hydrogen-bond donors (Lipinski definition) is 1. The Bertz CT molecular complexity index is 264. The molecule has 0 aromatic heterocycles. The molecule has 1 aliphatic carbocycles. The van der Waals surface area contributed by atoms with Crippen molar-refractivity contribution in [1.82, 2.24) is 0 Å². The molecule has 0 unspecified atom stereocenters. The molecule has 0 amide bonds. The van der Waals surface area contributed by atoms with Crippen molar-refractivity contribution in [2.24, 2.45) is 22.7 Å². The highest BCUT2D eigenvalue weighted by molar-refractivity contribution is 5.20. The van der Waals surface area contributed by atoms with Gasteiger partial charge in [0.05, 0.1) is 6.10 Å². The van der Waals surface area contributed by atoms with Gasteiger partial charge in [0.15, 0.2) is 0 Å². The minimum absolute atomic E-state index is 0.0456. The van der Waals surface area contributed by atoms with Gasteiger partial charge < -0.3 is 10.5 Å². The molecule has 0 saturated carbocycles. The number of nitroso groups, excluding NO2 is 1. The van der Waals surface area contributed by atoms with Gasteiger partial charge in [-0.15, -0.1) is 0 Å². The molecule has 1 saturated heterocycles. The quantitative estimate of drug-likeness (QED) is 0.486. The SMILES string of the molecule is C[C@@H]1[C@H](N=O)[C@@H](C)C=C(N)[C@H]2O[C@@H]12. The molecule has 0 spiro atoms. The Kier molecular flexibility index (Phi) is 1.87. The van der Waals surface area contributed by atoms with Crippen LogP contribution in [-0.4, -0.2) is 18.2 Å². The third-order valence-electron chi connectivity index (χ3n) is 3.03. The molecule has 5 atom stereocenters. The van der Waals surface area contributed by atoms with Gasteiger partial charge >= 0.3 is 0 Å². The number of hydrogen-bond acceptors (Lipinski definition) is 4. The number of fused-ring (bicyclic) bond motifs is 1. The van der Waals surface area contributed by atoms with Crippen molar-refractivity contribution < 1.29 is 4.74 Å². The highest BCUT2D eigenvalue weighted by Gasteiger charge is 2.50. The van der Waals surface area contributed by atoms with E-state index in [1.165, 1.54) is 0 Å². The van der Waals surface area contributed by atoms with Gasteiger partial charge in [-0.3, -0.25) is 0 Å². The second-order valence-electron chi connectivity index (χ2n) is 4.00. The molecule has 1 fully saturated rings. The monoisotopic (exact) mass is 182 g/mol. The van der Waals surface area contributed by atoms with E-state index in [-0.39, 0.29) is 30.1 Å². The van der Waals surface area contributed by atoms with Gasteiger partial charge in [-0.2, -0.15) is 4.91 Å². The maximum atomic E-state index is 10.6. The van der Waals surface area contributed by atoms with Crippen molar-refractivity contribution in [1.29, 1.82) is 0 Å². The summed E-state index contributed by atoms with van der Waals surface area (Å²) >= 11 is 0. The highest BCUT2D eigenvalue weighted by atomic mass is 16.6. The first-order chi connectivity index (χ1) is 6.15. The molecule has 2 rings (SSSR count). The third kappa shape index (κ3) is 1.25. The summed E-state index contributed by atoms with van der Waals surface area (Å²) in [6.07, 6.45) is 2.06. The number of rotatable bonds is 1. The molecule has 2 N–H and O–H groups in total. The smallest absolute Gasteiger partial charge is 0.123 e. The maximum absolute atomic E-state index is 10.6. The summed E-state index contributed by atoms with van der Waals surface area (Å²) in [5, 5.41) is 3.15. The van der Waals surface area contributed by atoms with Gasteiger partial charge in [-0.05, 0) is 0 Å². The predicted molar refractivity (Wildman–Crippen MR) is 48.8 cm³/mol. The fraction of sp³-hybridized carbons (Fsp3) is 0.778. The van der Waals surface area contributed by atoms with E-state index < -0.39 is 0 Å². The minimum atomic E-state index is -0.198. The van der Waals surface area contributed by atoms with E-state index in [4.69, 9.17) is 10.5 Å². The summed E-state index contributed by atoms with van der Waals surface area (Å²) in [6, 6.07) is -0.198. The van der Waals surface area contributed by atoms with E-state index in [0.717, 1.165) is 5.70 Å². The van der Waals surface area contributed by atoms with Crippen molar-refractivity contribution >= 4 is 0 Å². The van der Waals surface area contributed by atoms with E-state index in [1.54, 1.807) is 0 Å². The van der Waals surface area contributed by atoms with E-state index in [2.05, 4.69) is 5.18 Å². The van der Waals surface area contributed by atoms with Gasteiger partial charge in [-0.25, -0.2) is 0 Å². The molecule has 2 aliphatic rings. The summed E-state index contributed by atoms with van der Waals surface area (Å²) in [5.41, 5.74) is 6.54. The molecule has 4 heteroatoms. The molecule has 13 heavy (non-hydrogen) atoms. The molecule has 0 aromatic rings. The van der Waals surface area contributed by atoms with E-state index in [1.807, 2.05) is 19.9 Å². The first kappa shape index (κ1) is 8.69. The first-order valence-electron chi connectivity index (χ1n) is 4.60. The molecule has 0 bridgehead atoms. The lowest BCUT2D eigenvalue weighted by Gasteiger charge is -2.18. The van der Waals surface area contributed by atoms with Crippen molar-refractivity contribution in [3.8, 4) is 0 Å². The van der Waals surface area contributed by atoms with Crippen LogP contribution in [0.25, 0.3) is 0 Å². The molecule has 0 radical (unpaired) electrons. The fourth-order valence-corrected chi connectivity index (χ4v) is 2.15. The Labute approximate surface area is 77.1 Å². The summed E-state index contributed by atoms with van der Waals surface area (Å²) in [6.45, 7) is 3.97. The predicted octanol–water partition coefficient (Wildman–Crippen LogP) is 1.02. The zero-order chi connectivity index (χ0) is 9.59. The summed E-state index contributed by atoms with van der Waals surface area (Å²) < 4.78 is 5.37. The molecule has 1 heterocycles. The Morgan fingerprint density at radius 3 is 2.85 bits per heavy atom. The van der Waals surface area contributed by atoms with Gasteiger partial charge in [0.25, 0.3) is 0 Å². The van der Waals surface area contributed by atoms with Crippen LogP contribution in [0.4, 0.5) is 0 Å². The normalized spacial score (nSPS) is 48.8. The van der Waals surface area contributed by atoms with Gasteiger partial charge in [0.1, 0.15) is 12.1 Å². The Morgan fingerprint density at radius 2 is 2.23 bits per heavy atom. The number of ether oxygens (including phenoxy) is 1.